The average Bonchev–Trinajstić information content (AvgIpc) is 4.22. The van der Waals surface area contributed by atoms with Crippen LogP contribution in [0, 0.1) is 27.7 Å². The largest absolute Gasteiger partial charge is 0.309 e. The van der Waals surface area contributed by atoms with Crippen LogP contribution in [0.5, 0.6) is 0 Å². The fourth-order valence-electron chi connectivity index (χ4n) is 11.7. The molecular weight excluding hydrogens is 949 g/mol. The van der Waals surface area contributed by atoms with Crippen molar-refractivity contribution < 1.29 is 0 Å². The van der Waals surface area contributed by atoms with Gasteiger partial charge in [-0.15, -0.1) is 0 Å². The monoisotopic (exact) mass is 1000 g/mol. The molecule has 4 aromatic heterocycles. The Balaban J connectivity index is 1.07. The van der Waals surface area contributed by atoms with E-state index in [1.807, 2.05) is 48.7 Å². The van der Waals surface area contributed by atoms with Crippen LogP contribution in [0.4, 0.5) is 0 Å². The van der Waals surface area contributed by atoms with E-state index in [1.54, 1.807) is 0 Å². The van der Waals surface area contributed by atoms with Gasteiger partial charge in [-0.1, -0.05) is 187 Å². The van der Waals surface area contributed by atoms with Crippen molar-refractivity contribution in [3.63, 3.8) is 0 Å². The Kier molecular flexibility index (Phi) is 11.3. The number of para-hydroxylation sites is 2. The minimum atomic E-state index is 0.584. The number of nitrogens with zero attached hydrogens (tertiary/aromatic N) is 6. The quantitative estimate of drug-likeness (QED) is 0.145. The van der Waals surface area contributed by atoms with Gasteiger partial charge >= 0.3 is 0 Å². The molecule has 14 rings (SSSR count). The molecule has 6 heteroatoms. The molecular formula is C72H52N6. The van der Waals surface area contributed by atoms with Crippen LogP contribution in [0.3, 0.4) is 0 Å². The molecule has 0 aliphatic carbocycles. The minimum absolute atomic E-state index is 0.584. The molecule has 0 saturated carbocycles. The second-order valence-corrected chi connectivity index (χ2v) is 20.5. The van der Waals surface area contributed by atoms with E-state index in [1.165, 1.54) is 66.1 Å². The van der Waals surface area contributed by atoms with Crippen molar-refractivity contribution in [3.05, 3.63) is 265 Å². The van der Waals surface area contributed by atoms with E-state index in [9.17, 15) is 0 Å². The van der Waals surface area contributed by atoms with E-state index in [-0.39, 0.29) is 0 Å². The van der Waals surface area contributed by atoms with Crippen molar-refractivity contribution in [1.29, 1.82) is 0 Å². The van der Waals surface area contributed by atoms with Crippen LogP contribution < -0.4 is 0 Å². The molecule has 370 valence electrons. The van der Waals surface area contributed by atoms with Gasteiger partial charge in [0.05, 0.1) is 39.1 Å². The van der Waals surface area contributed by atoms with Crippen molar-refractivity contribution in [2.45, 2.75) is 27.7 Å². The summed E-state index contributed by atoms with van der Waals surface area (Å²) in [5, 5.41) is 4.71. The Morgan fingerprint density at radius 1 is 0.282 bits per heavy atom. The lowest BCUT2D eigenvalue weighted by Crippen LogP contribution is -2.04. The van der Waals surface area contributed by atoms with Gasteiger partial charge in [0.25, 0.3) is 0 Å². The van der Waals surface area contributed by atoms with E-state index in [0.29, 0.717) is 17.5 Å². The van der Waals surface area contributed by atoms with Crippen molar-refractivity contribution in [2.24, 2.45) is 0 Å². The number of aromatic nitrogens is 6. The highest BCUT2D eigenvalue weighted by molar-refractivity contribution is 6.13. The molecule has 14 aromatic rings. The van der Waals surface area contributed by atoms with E-state index in [2.05, 4.69) is 231 Å². The van der Waals surface area contributed by atoms with E-state index < -0.39 is 0 Å². The first-order valence-corrected chi connectivity index (χ1v) is 26.6. The molecule has 6 nitrogen and oxygen atoms in total. The average molecular weight is 1000 g/mol. The maximum atomic E-state index is 5.28. The van der Waals surface area contributed by atoms with Crippen molar-refractivity contribution in [1.82, 2.24) is 29.1 Å². The molecule has 0 bridgehead atoms. The summed E-state index contributed by atoms with van der Waals surface area (Å²) in [6.07, 6.45) is 1.87. The van der Waals surface area contributed by atoms with Gasteiger partial charge in [0.2, 0.25) is 0 Å². The fraction of sp³-hybridized carbons (Fsp3) is 0.0556. The third-order valence-electron chi connectivity index (χ3n) is 15.4. The summed E-state index contributed by atoms with van der Waals surface area (Å²) >= 11 is 0. The SMILES string of the molecule is Cc1ccc(-c2ccc3c(c2)c2ccccc2n3-c2cc(-c3ccccn3)ccc2-c2ccc(-c3nc(-c4ccccc4)nc(-c4ccccc4)n3)cc2-n2c3ccccc3c3cc(-c4ccc(C)cc4C)ccc32)c(C)c1. The number of hydrogen-bond donors (Lipinski definition) is 0. The summed E-state index contributed by atoms with van der Waals surface area (Å²) in [5.74, 6) is 1.81. The Morgan fingerprint density at radius 3 is 1.18 bits per heavy atom. The molecule has 0 radical (unpaired) electrons. The third kappa shape index (κ3) is 8.05. The first-order valence-electron chi connectivity index (χ1n) is 26.6. The molecule has 78 heavy (non-hydrogen) atoms. The van der Waals surface area contributed by atoms with Crippen molar-refractivity contribution in [2.75, 3.05) is 0 Å². The summed E-state index contributed by atoms with van der Waals surface area (Å²) < 4.78 is 4.91. The molecule has 0 spiro atoms. The van der Waals surface area contributed by atoms with E-state index in [4.69, 9.17) is 19.9 Å². The van der Waals surface area contributed by atoms with Gasteiger partial charge in [-0.2, -0.15) is 0 Å². The van der Waals surface area contributed by atoms with Crippen LogP contribution in [-0.4, -0.2) is 29.1 Å². The summed E-state index contributed by atoms with van der Waals surface area (Å²) in [4.78, 5) is 20.5. The molecule has 0 fully saturated rings. The van der Waals surface area contributed by atoms with Gasteiger partial charge in [0, 0.05) is 61.1 Å². The number of hydrogen-bond acceptors (Lipinski definition) is 4. The van der Waals surface area contributed by atoms with Gasteiger partial charge in [-0.25, -0.2) is 15.0 Å². The predicted octanol–water partition coefficient (Wildman–Crippen LogP) is 18.4. The highest BCUT2D eigenvalue weighted by atomic mass is 15.0. The fourth-order valence-corrected chi connectivity index (χ4v) is 11.7. The number of fused-ring (bicyclic) bond motifs is 6. The first-order chi connectivity index (χ1) is 38.3. The van der Waals surface area contributed by atoms with Gasteiger partial charge in [-0.05, 0) is 122 Å². The van der Waals surface area contributed by atoms with Gasteiger partial charge in [0.1, 0.15) is 0 Å². The highest BCUT2D eigenvalue weighted by Gasteiger charge is 2.24. The highest BCUT2D eigenvalue weighted by Crippen LogP contribution is 2.45. The smallest absolute Gasteiger partial charge is 0.164 e. The minimum Gasteiger partial charge on any atom is -0.309 e. The standard InChI is InChI=1S/C72H52N6/c1-45-26-32-55(47(3)39-45)51-30-36-66-61(41-51)57-21-11-13-24-64(57)77(66)68-43-53(63-23-15-16-38-73-63)28-34-59(68)60-35-29-54(72-75-70(49-17-7-5-8-18-49)74-71(76-72)50-19-9-6-10-20-50)44-69(60)78-65-25-14-12-22-58(65)62-42-52(31-37-67(62)78)56-33-27-46(2)40-48(56)4/h5-44H,1-4H3. The number of rotatable bonds is 9. The summed E-state index contributed by atoms with van der Waals surface area (Å²) in [5.41, 5.74) is 23.0. The maximum absolute atomic E-state index is 5.28. The molecule has 0 saturated heterocycles. The van der Waals surface area contributed by atoms with Crippen LogP contribution >= 0.6 is 0 Å². The van der Waals surface area contributed by atoms with Crippen molar-refractivity contribution >= 4 is 43.6 Å². The molecule has 0 unspecified atom stereocenters. The second-order valence-electron chi connectivity index (χ2n) is 20.5. The van der Waals surface area contributed by atoms with Crippen LogP contribution in [0.15, 0.2) is 243 Å². The second kappa shape index (κ2) is 19.0. The Bertz CT molecular complexity index is 4590. The third-order valence-corrected chi connectivity index (χ3v) is 15.4. The van der Waals surface area contributed by atoms with Crippen LogP contribution in [-0.2, 0) is 0 Å². The summed E-state index contributed by atoms with van der Waals surface area (Å²) in [6, 6.07) is 85.1. The molecule has 0 atom stereocenters. The zero-order valence-electron chi connectivity index (χ0n) is 43.8. The van der Waals surface area contributed by atoms with Gasteiger partial charge in [0.15, 0.2) is 17.5 Å². The topological polar surface area (TPSA) is 61.4 Å². The molecule has 0 aliphatic rings. The first kappa shape index (κ1) is 46.5. The zero-order chi connectivity index (χ0) is 52.4. The lowest BCUT2D eigenvalue weighted by molar-refractivity contribution is 1.07. The van der Waals surface area contributed by atoms with E-state index >= 15 is 0 Å². The molecule has 10 aromatic carbocycles. The van der Waals surface area contributed by atoms with Gasteiger partial charge < -0.3 is 9.13 Å². The van der Waals surface area contributed by atoms with Crippen LogP contribution in [0.2, 0.25) is 0 Å². The number of benzene rings is 10. The Morgan fingerprint density at radius 2 is 0.692 bits per heavy atom. The van der Waals surface area contributed by atoms with Crippen LogP contribution in [0.25, 0.3) is 134 Å². The lowest BCUT2D eigenvalue weighted by atomic mass is 9.96. The predicted molar refractivity (Wildman–Crippen MR) is 323 cm³/mol. The maximum Gasteiger partial charge on any atom is 0.164 e. The Hall–Kier alpha value is -10.0. The molecule has 0 amide bonds. The number of pyridine rings is 1. The van der Waals surface area contributed by atoms with E-state index in [0.717, 1.165) is 72.5 Å². The number of aryl methyl sites for hydroxylation is 4. The Labute approximate surface area is 453 Å². The lowest BCUT2D eigenvalue weighted by Gasteiger charge is -2.20. The summed E-state index contributed by atoms with van der Waals surface area (Å²) in [7, 11) is 0. The normalized spacial score (nSPS) is 11.6. The zero-order valence-corrected chi connectivity index (χ0v) is 43.8. The van der Waals surface area contributed by atoms with Gasteiger partial charge in [-0.3, -0.25) is 4.98 Å². The molecule has 0 N–H and O–H groups in total. The summed E-state index contributed by atoms with van der Waals surface area (Å²) in [6.45, 7) is 8.73. The van der Waals surface area contributed by atoms with Crippen LogP contribution in [0.1, 0.15) is 22.3 Å². The molecule has 4 heterocycles. The van der Waals surface area contributed by atoms with Crippen molar-refractivity contribution in [3.8, 4) is 90.2 Å². The molecule has 0 aliphatic heterocycles.